The Kier molecular flexibility index (Phi) is 5.44. The zero-order chi connectivity index (χ0) is 15.4. The normalized spacial score (nSPS) is 12.6. The average molecular weight is 285 g/mol. The van der Waals surface area contributed by atoms with Crippen LogP contribution in [0, 0.1) is 11.6 Å². The Morgan fingerprint density at radius 1 is 1.35 bits per heavy atom. The lowest BCUT2D eigenvalue weighted by molar-refractivity contribution is 0.0669. The summed E-state index contributed by atoms with van der Waals surface area (Å²) in [5.41, 5.74) is 4.59. The smallest absolute Gasteiger partial charge is 0.260 e. The lowest BCUT2D eigenvalue weighted by Crippen LogP contribution is -2.44. The number of nitrogens with two attached hydrogens (primary N) is 1. The molecule has 0 saturated carbocycles. The van der Waals surface area contributed by atoms with E-state index in [-0.39, 0.29) is 11.7 Å². The molecule has 1 aromatic rings. The van der Waals surface area contributed by atoms with E-state index in [9.17, 15) is 13.6 Å². The minimum absolute atomic E-state index is 0.164. The van der Waals surface area contributed by atoms with Gasteiger partial charge in [-0.25, -0.2) is 8.78 Å². The van der Waals surface area contributed by atoms with Crippen LogP contribution in [0.15, 0.2) is 12.1 Å². The molecule has 1 amide bonds. The monoisotopic (exact) mass is 285 g/mol. The van der Waals surface area contributed by atoms with Gasteiger partial charge in [0.05, 0.1) is 5.69 Å². The van der Waals surface area contributed by atoms with Gasteiger partial charge in [-0.05, 0) is 40.1 Å². The number of likely N-dealkylation sites (N-methyl/N-ethyl adjacent to an activating group) is 2. The first-order chi connectivity index (χ1) is 9.29. The maximum absolute atomic E-state index is 13.9. The highest BCUT2D eigenvalue weighted by molar-refractivity contribution is 5.96. The zero-order valence-corrected chi connectivity index (χ0v) is 12.3. The van der Waals surface area contributed by atoms with E-state index in [2.05, 4.69) is 0 Å². The van der Waals surface area contributed by atoms with Gasteiger partial charge in [0.15, 0.2) is 5.82 Å². The maximum Gasteiger partial charge on any atom is 0.260 e. The van der Waals surface area contributed by atoms with E-state index < -0.39 is 23.1 Å². The second-order valence-corrected chi connectivity index (χ2v) is 5.03. The highest BCUT2D eigenvalue weighted by Gasteiger charge is 2.27. The Bertz CT molecular complexity index is 492. The van der Waals surface area contributed by atoms with Gasteiger partial charge in [0, 0.05) is 19.1 Å². The zero-order valence-electron chi connectivity index (χ0n) is 12.3. The fourth-order valence-electron chi connectivity index (χ4n) is 2.19. The number of anilines is 1. The Morgan fingerprint density at radius 2 is 1.95 bits per heavy atom. The van der Waals surface area contributed by atoms with Crippen molar-refractivity contribution in [3.63, 3.8) is 0 Å². The lowest BCUT2D eigenvalue weighted by atomic mass is 10.1. The van der Waals surface area contributed by atoms with Crippen molar-refractivity contribution >= 4 is 11.6 Å². The largest absolute Gasteiger partial charge is 0.396 e. The summed E-state index contributed by atoms with van der Waals surface area (Å²) in [7, 11) is 3.74. The predicted molar refractivity (Wildman–Crippen MR) is 75.5 cm³/mol. The summed E-state index contributed by atoms with van der Waals surface area (Å²) >= 11 is 0. The fraction of sp³-hybridized carbons (Fsp3) is 0.500. The second kappa shape index (κ2) is 6.65. The predicted octanol–water partition coefficient (Wildman–Crippen LogP) is 1.96. The van der Waals surface area contributed by atoms with E-state index in [0.717, 1.165) is 12.1 Å². The van der Waals surface area contributed by atoms with E-state index in [1.54, 1.807) is 6.92 Å². The van der Waals surface area contributed by atoms with Gasteiger partial charge in [0.1, 0.15) is 11.4 Å². The average Bonchev–Trinajstić information content (AvgIpc) is 2.34. The number of amides is 1. The number of carbonyl (C=O) groups excluding carboxylic acids is 1. The molecule has 0 aliphatic carbocycles. The fourth-order valence-corrected chi connectivity index (χ4v) is 2.19. The molecule has 0 aliphatic rings. The van der Waals surface area contributed by atoms with Crippen molar-refractivity contribution in [1.82, 2.24) is 9.80 Å². The van der Waals surface area contributed by atoms with Gasteiger partial charge < -0.3 is 15.5 Å². The lowest BCUT2D eigenvalue weighted by Gasteiger charge is -2.30. The van der Waals surface area contributed by atoms with Crippen molar-refractivity contribution in [2.75, 3.05) is 32.9 Å². The van der Waals surface area contributed by atoms with Gasteiger partial charge in [-0.2, -0.15) is 0 Å². The van der Waals surface area contributed by atoms with Gasteiger partial charge in [-0.15, -0.1) is 0 Å². The van der Waals surface area contributed by atoms with Gasteiger partial charge in [0.2, 0.25) is 0 Å². The number of hydrogen-bond donors (Lipinski definition) is 1. The maximum atomic E-state index is 13.9. The van der Waals surface area contributed by atoms with Crippen molar-refractivity contribution in [2.24, 2.45) is 0 Å². The molecule has 2 N–H and O–H groups in total. The molecule has 0 heterocycles. The standard InChI is InChI=1S/C14H21F2N3O/c1-5-19(9(2)8-18(3)4)14(20)12-10(15)6-7-11(17)13(12)16/h6-7,9H,5,8,17H2,1-4H3. The molecule has 0 fully saturated rings. The first-order valence-corrected chi connectivity index (χ1v) is 6.48. The van der Waals surface area contributed by atoms with Crippen LogP contribution >= 0.6 is 0 Å². The summed E-state index contributed by atoms with van der Waals surface area (Å²) in [5.74, 6) is -2.56. The first kappa shape index (κ1) is 16.4. The Hall–Kier alpha value is -1.69. The molecule has 0 aliphatic heterocycles. The van der Waals surface area contributed by atoms with Crippen molar-refractivity contribution in [1.29, 1.82) is 0 Å². The molecule has 4 nitrogen and oxygen atoms in total. The number of hydrogen-bond acceptors (Lipinski definition) is 3. The molecule has 0 aromatic heterocycles. The Morgan fingerprint density at radius 3 is 2.45 bits per heavy atom. The highest BCUT2D eigenvalue weighted by Crippen LogP contribution is 2.21. The summed E-state index contributed by atoms with van der Waals surface area (Å²) in [6, 6.07) is 1.96. The van der Waals surface area contributed by atoms with Crippen molar-refractivity contribution in [3.05, 3.63) is 29.3 Å². The van der Waals surface area contributed by atoms with Crippen LogP contribution in [-0.2, 0) is 0 Å². The molecule has 0 bridgehead atoms. The summed E-state index contributed by atoms with van der Waals surface area (Å²) < 4.78 is 27.7. The van der Waals surface area contributed by atoms with Crippen LogP contribution in [0.2, 0.25) is 0 Å². The summed E-state index contributed by atoms with van der Waals surface area (Å²) in [6.45, 7) is 4.57. The number of carbonyl (C=O) groups is 1. The summed E-state index contributed by atoms with van der Waals surface area (Å²) in [6.07, 6.45) is 0. The van der Waals surface area contributed by atoms with Crippen molar-refractivity contribution in [2.45, 2.75) is 19.9 Å². The molecule has 20 heavy (non-hydrogen) atoms. The molecule has 112 valence electrons. The van der Waals surface area contributed by atoms with E-state index in [1.165, 1.54) is 4.90 Å². The Labute approximate surface area is 118 Å². The van der Waals surface area contributed by atoms with Gasteiger partial charge in [-0.3, -0.25) is 4.79 Å². The topological polar surface area (TPSA) is 49.6 Å². The molecule has 0 saturated heterocycles. The summed E-state index contributed by atoms with van der Waals surface area (Å²) in [4.78, 5) is 15.7. The first-order valence-electron chi connectivity index (χ1n) is 6.48. The van der Waals surface area contributed by atoms with Gasteiger partial charge >= 0.3 is 0 Å². The minimum atomic E-state index is -0.995. The van der Waals surface area contributed by atoms with Crippen LogP contribution in [0.5, 0.6) is 0 Å². The molecular weight excluding hydrogens is 264 g/mol. The van der Waals surface area contributed by atoms with E-state index in [4.69, 9.17) is 5.73 Å². The highest BCUT2D eigenvalue weighted by atomic mass is 19.1. The number of halogens is 2. The molecule has 0 radical (unpaired) electrons. The summed E-state index contributed by atoms with van der Waals surface area (Å²) in [5, 5.41) is 0. The SMILES string of the molecule is CCN(C(=O)c1c(F)ccc(N)c1F)C(C)CN(C)C. The third-order valence-electron chi connectivity index (χ3n) is 3.10. The van der Waals surface area contributed by atoms with E-state index in [1.807, 2.05) is 25.9 Å². The number of rotatable bonds is 5. The van der Waals surface area contributed by atoms with Crippen LogP contribution in [0.1, 0.15) is 24.2 Å². The van der Waals surface area contributed by atoms with Gasteiger partial charge in [0.25, 0.3) is 5.91 Å². The van der Waals surface area contributed by atoms with Crippen LogP contribution in [0.25, 0.3) is 0 Å². The molecule has 6 heteroatoms. The quantitative estimate of drug-likeness (QED) is 0.841. The molecule has 0 spiro atoms. The van der Waals surface area contributed by atoms with Crippen LogP contribution in [0.4, 0.5) is 14.5 Å². The van der Waals surface area contributed by atoms with Crippen LogP contribution < -0.4 is 5.73 Å². The van der Waals surface area contributed by atoms with Crippen molar-refractivity contribution in [3.8, 4) is 0 Å². The molecule has 1 atom stereocenters. The third kappa shape index (κ3) is 3.45. The number of nitrogens with zero attached hydrogens (tertiary/aromatic N) is 2. The molecule has 1 aromatic carbocycles. The van der Waals surface area contributed by atoms with Crippen LogP contribution in [0.3, 0.4) is 0 Å². The Balaban J connectivity index is 3.12. The molecular formula is C14H21F2N3O. The molecule has 1 unspecified atom stereocenters. The number of benzene rings is 1. The number of nitrogen functional groups attached to an aromatic ring is 1. The van der Waals surface area contributed by atoms with Crippen molar-refractivity contribution < 1.29 is 13.6 Å². The minimum Gasteiger partial charge on any atom is -0.396 e. The van der Waals surface area contributed by atoms with E-state index >= 15 is 0 Å². The van der Waals surface area contributed by atoms with E-state index in [0.29, 0.717) is 13.1 Å². The second-order valence-electron chi connectivity index (χ2n) is 5.03. The third-order valence-corrected chi connectivity index (χ3v) is 3.10. The molecule has 1 rings (SSSR count). The van der Waals surface area contributed by atoms with Gasteiger partial charge in [-0.1, -0.05) is 0 Å². The van der Waals surface area contributed by atoms with Crippen LogP contribution in [-0.4, -0.2) is 48.9 Å².